The highest BCUT2D eigenvalue weighted by Gasteiger charge is 2.15. The number of hydrogen-bond acceptors (Lipinski definition) is 5. The van der Waals surface area contributed by atoms with E-state index in [0.29, 0.717) is 22.4 Å². The summed E-state index contributed by atoms with van der Waals surface area (Å²) >= 11 is 3.41. The molecule has 152 valence electrons. The summed E-state index contributed by atoms with van der Waals surface area (Å²) < 4.78 is 6.89. The predicted octanol–water partition coefficient (Wildman–Crippen LogP) is 5.80. The molecule has 0 amide bonds. The third kappa shape index (κ3) is 4.99. The number of benzene rings is 2. The van der Waals surface area contributed by atoms with Crippen molar-refractivity contribution in [1.29, 1.82) is 0 Å². The van der Waals surface area contributed by atoms with Gasteiger partial charge in [0.05, 0.1) is 10.6 Å². The summed E-state index contributed by atoms with van der Waals surface area (Å²) in [5.74, 6) is 0.346. The maximum Gasteiger partial charge on any atom is 0.269 e. The third-order valence-corrected chi connectivity index (χ3v) is 4.87. The van der Waals surface area contributed by atoms with Gasteiger partial charge in [-0.05, 0) is 56.7 Å². The van der Waals surface area contributed by atoms with E-state index in [1.54, 1.807) is 44.2 Å². The van der Waals surface area contributed by atoms with Gasteiger partial charge in [-0.1, -0.05) is 39.7 Å². The molecular weight excluding hydrogens is 448 g/mol. The van der Waals surface area contributed by atoms with Crippen LogP contribution in [0.3, 0.4) is 0 Å². The van der Waals surface area contributed by atoms with Gasteiger partial charge < -0.3 is 4.74 Å². The van der Waals surface area contributed by atoms with Gasteiger partial charge >= 0.3 is 0 Å². The summed E-state index contributed by atoms with van der Waals surface area (Å²) in [4.78, 5) is 28.0. The second-order valence-electron chi connectivity index (χ2n) is 6.86. The summed E-state index contributed by atoms with van der Waals surface area (Å²) in [6.07, 6.45) is 0. The molecular formula is C23H19BrN2O4. The highest BCUT2D eigenvalue weighted by Crippen LogP contribution is 2.23. The maximum absolute atomic E-state index is 12.9. The van der Waals surface area contributed by atoms with Crippen molar-refractivity contribution in [2.45, 2.75) is 20.8 Å². The topological polar surface area (TPSA) is 81.8 Å². The molecule has 0 aromatic heterocycles. The van der Waals surface area contributed by atoms with Crippen molar-refractivity contribution in [3.8, 4) is 5.75 Å². The molecule has 3 rings (SSSR count). The van der Waals surface area contributed by atoms with E-state index in [2.05, 4.69) is 20.9 Å². The molecule has 0 unspecified atom stereocenters. The Morgan fingerprint density at radius 1 is 1.00 bits per heavy atom. The molecule has 0 fully saturated rings. The van der Waals surface area contributed by atoms with Crippen LogP contribution in [0.4, 0.5) is 11.4 Å². The number of ether oxygens (including phenoxy) is 1. The molecule has 0 heterocycles. The summed E-state index contributed by atoms with van der Waals surface area (Å²) in [7, 11) is 0. The number of nitro groups is 1. The lowest BCUT2D eigenvalue weighted by molar-refractivity contribution is -0.384. The van der Waals surface area contributed by atoms with Crippen LogP contribution in [-0.2, 0) is 0 Å². The van der Waals surface area contributed by atoms with Crippen molar-refractivity contribution in [3.63, 3.8) is 0 Å². The first-order valence-corrected chi connectivity index (χ1v) is 9.93. The zero-order valence-corrected chi connectivity index (χ0v) is 18.3. The first kappa shape index (κ1) is 21.4. The molecule has 0 aliphatic rings. The molecule has 0 saturated heterocycles. The Morgan fingerprint density at radius 2 is 1.67 bits per heavy atom. The van der Waals surface area contributed by atoms with Crippen LogP contribution in [0.15, 0.2) is 74.9 Å². The SMILES string of the molecule is Cc1cc(C)c(OC(=Nc2cccc(Br)c2)c2ccc([N+](=O)[O-])cc2)c(=O)c(C)c1. The van der Waals surface area contributed by atoms with Crippen LogP contribution in [0, 0.1) is 30.9 Å². The first-order valence-electron chi connectivity index (χ1n) is 9.13. The highest BCUT2D eigenvalue weighted by molar-refractivity contribution is 9.10. The average Bonchev–Trinajstić information content (AvgIpc) is 2.78. The molecule has 30 heavy (non-hydrogen) atoms. The van der Waals surface area contributed by atoms with E-state index in [1.165, 1.54) is 12.1 Å². The largest absolute Gasteiger partial charge is 0.434 e. The Hall–Kier alpha value is -3.32. The highest BCUT2D eigenvalue weighted by atomic mass is 79.9. The number of nitrogens with zero attached hydrogens (tertiary/aromatic N) is 2. The van der Waals surface area contributed by atoms with Crippen LogP contribution in [0.2, 0.25) is 0 Å². The van der Waals surface area contributed by atoms with Crippen molar-refractivity contribution in [2.75, 3.05) is 0 Å². The first-order chi connectivity index (χ1) is 14.2. The molecule has 0 saturated carbocycles. The average molecular weight is 467 g/mol. The standard InChI is InChI=1S/C23H19BrN2O4/c1-14-11-15(2)21(27)22(16(3)12-14)30-23(25-19-6-4-5-18(24)13-19)17-7-9-20(10-8-17)26(28)29/h4-13H,1-3H3. The van der Waals surface area contributed by atoms with Crippen LogP contribution in [-0.4, -0.2) is 10.8 Å². The lowest BCUT2D eigenvalue weighted by Crippen LogP contribution is -2.17. The second-order valence-corrected chi connectivity index (χ2v) is 7.78. The number of aliphatic imine (C=N–C) groups is 1. The van der Waals surface area contributed by atoms with Gasteiger partial charge in [-0.25, -0.2) is 4.99 Å². The Bertz CT molecular complexity index is 1200. The molecule has 3 aromatic carbocycles. The molecule has 0 aliphatic heterocycles. The summed E-state index contributed by atoms with van der Waals surface area (Å²) in [6, 6.07) is 16.8. The fourth-order valence-corrected chi connectivity index (χ4v) is 3.36. The smallest absolute Gasteiger partial charge is 0.269 e. The van der Waals surface area contributed by atoms with Gasteiger partial charge in [0.25, 0.3) is 5.69 Å². The third-order valence-electron chi connectivity index (χ3n) is 4.37. The monoisotopic (exact) mass is 466 g/mol. The second kappa shape index (κ2) is 9.00. The van der Waals surface area contributed by atoms with Gasteiger partial charge in [-0.15, -0.1) is 0 Å². The lowest BCUT2D eigenvalue weighted by atomic mass is 10.2. The van der Waals surface area contributed by atoms with E-state index in [4.69, 9.17) is 4.74 Å². The summed E-state index contributed by atoms with van der Waals surface area (Å²) in [5, 5.41) is 11.0. The normalized spacial score (nSPS) is 11.3. The van der Waals surface area contributed by atoms with E-state index < -0.39 is 4.92 Å². The lowest BCUT2D eigenvalue weighted by Gasteiger charge is -2.10. The van der Waals surface area contributed by atoms with Crippen LogP contribution in [0.5, 0.6) is 5.75 Å². The van der Waals surface area contributed by atoms with Crippen molar-refractivity contribution in [3.05, 3.63) is 108 Å². The molecule has 0 radical (unpaired) electrons. The molecule has 3 aromatic rings. The van der Waals surface area contributed by atoms with E-state index >= 15 is 0 Å². The van der Waals surface area contributed by atoms with E-state index in [-0.39, 0.29) is 22.8 Å². The molecule has 0 bridgehead atoms. The quantitative estimate of drug-likeness (QED) is 0.210. The Morgan fingerprint density at radius 3 is 2.30 bits per heavy atom. The van der Waals surface area contributed by atoms with Crippen LogP contribution < -0.4 is 10.2 Å². The Kier molecular flexibility index (Phi) is 6.42. The molecule has 6 nitrogen and oxygen atoms in total. The molecule has 0 N–H and O–H groups in total. The van der Waals surface area contributed by atoms with Gasteiger partial charge in [0.15, 0.2) is 5.75 Å². The fourth-order valence-electron chi connectivity index (χ4n) is 2.97. The molecule has 7 heteroatoms. The van der Waals surface area contributed by atoms with E-state index in [0.717, 1.165) is 10.0 Å². The molecule has 0 spiro atoms. The number of non-ortho nitro benzene ring substituents is 1. The fraction of sp³-hybridized carbons (Fsp3) is 0.130. The minimum absolute atomic E-state index is 0.0427. The van der Waals surface area contributed by atoms with E-state index in [9.17, 15) is 14.9 Å². The van der Waals surface area contributed by atoms with Gasteiger partial charge in [0.1, 0.15) is 0 Å². The van der Waals surface area contributed by atoms with Crippen LogP contribution in [0.1, 0.15) is 22.3 Å². The van der Waals surface area contributed by atoms with Gasteiger partial charge in [0.2, 0.25) is 11.3 Å². The zero-order valence-electron chi connectivity index (χ0n) is 16.7. The van der Waals surface area contributed by atoms with Gasteiger partial charge in [-0.3, -0.25) is 14.9 Å². The minimum atomic E-state index is -0.473. The van der Waals surface area contributed by atoms with Crippen molar-refractivity contribution in [2.24, 2.45) is 4.99 Å². The van der Waals surface area contributed by atoms with E-state index in [1.807, 2.05) is 25.1 Å². The molecule has 0 atom stereocenters. The number of nitro benzene ring substituents is 1. The van der Waals surface area contributed by atoms with Crippen LogP contribution >= 0.6 is 15.9 Å². The number of aryl methyl sites for hydroxylation is 3. The molecule has 0 aliphatic carbocycles. The summed E-state index contributed by atoms with van der Waals surface area (Å²) in [6.45, 7) is 5.45. The number of halogens is 1. The van der Waals surface area contributed by atoms with Crippen molar-refractivity contribution in [1.82, 2.24) is 0 Å². The minimum Gasteiger partial charge on any atom is -0.434 e. The number of rotatable bonds is 4. The Balaban J connectivity index is 2.16. The van der Waals surface area contributed by atoms with Gasteiger partial charge in [0, 0.05) is 27.7 Å². The van der Waals surface area contributed by atoms with Crippen molar-refractivity contribution < 1.29 is 9.66 Å². The van der Waals surface area contributed by atoms with Gasteiger partial charge in [-0.2, -0.15) is 0 Å². The van der Waals surface area contributed by atoms with Crippen LogP contribution in [0.25, 0.3) is 0 Å². The maximum atomic E-state index is 12.9. The predicted molar refractivity (Wildman–Crippen MR) is 121 cm³/mol. The number of hydrogen-bond donors (Lipinski definition) is 0. The zero-order chi connectivity index (χ0) is 21.8. The Labute approximate surface area is 182 Å². The summed E-state index contributed by atoms with van der Waals surface area (Å²) in [5.41, 5.74) is 3.02. The van der Waals surface area contributed by atoms with Crippen molar-refractivity contribution >= 4 is 33.2 Å².